The van der Waals surface area contributed by atoms with Gasteiger partial charge in [0.05, 0.1) is 6.10 Å². The van der Waals surface area contributed by atoms with Gasteiger partial charge in [0.25, 0.3) is 0 Å². The molecule has 4 rings (SSSR count). The molecule has 3 nitrogen and oxygen atoms in total. The molecule has 1 N–H and O–H groups in total. The highest BCUT2D eigenvalue weighted by Crippen LogP contribution is 2.69. The number of aliphatic hydroxyl groups is 1. The summed E-state index contributed by atoms with van der Waals surface area (Å²) >= 11 is 0. The summed E-state index contributed by atoms with van der Waals surface area (Å²) in [5.74, 6) is 3.23. The van der Waals surface area contributed by atoms with Gasteiger partial charge in [0.15, 0.2) is 0 Å². The predicted molar refractivity (Wildman–Crippen MR) is 112 cm³/mol. The van der Waals surface area contributed by atoms with Gasteiger partial charge in [-0.15, -0.1) is 0 Å². The number of ether oxygens (including phenoxy) is 1. The number of fused-ring (bicyclic) bond motifs is 5. The van der Waals surface area contributed by atoms with E-state index >= 15 is 0 Å². The Kier molecular flexibility index (Phi) is 5.22. The highest BCUT2D eigenvalue weighted by Gasteiger charge is 2.62. The Labute approximate surface area is 171 Å². The first-order valence-electron chi connectivity index (χ1n) is 11.7. The Balaban J connectivity index is 1.58. The topological polar surface area (TPSA) is 46.5 Å². The zero-order valence-corrected chi connectivity index (χ0v) is 18.4. The van der Waals surface area contributed by atoms with Crippen molar-refractivity contribution >= 4 is 5.97 Å². The molecule has 4 fully saturated rings. The molecule has 3 heteroatoms. The van der Waals surface area contributed by atoms with Crippen molar-refractivity contribution < 1.29 is 14.6 Å². The van der Waals surface area contributed by atoms with Crippen LogP contribution in [0.5, 0.6) is 0 Å². The minimum atomic E-state index is -0.232. The number of rotatable bonds is 3. The Bertz CT molecular complexity index is 640. The maximum atomic E-state index is 11.4. The molecule has 0 aromatic carbocycles. The Hall–Kier alpha value is -0.830. The molecular formula is C25H40O3. The van der Waals surface area contributed by atoms with E-state index < -0.39 is 0 Å². The highest BCUT2D eigenvalue weighted by molar-refractivity contribution is 5.66. The summed E-state index contributed by atoms with van der Waals surface area (Å²) in [6, 6.07) is 0. The van der Waals surface area contributed by atoms with Crippen LogP contribution in [0.2, 0.25) is 0 Å². The van der Waals surface area contributed by atoms with Crippen LogP contribution in [0.4, 0.5) is 0 Å². The monoisotopic (exact) mass is 388 g/mol. The smallest absolute Gasteiger partial charge is 0.302 e. The van der Waals surface area contributed by atoms with Gasteiger partial charge >= 0.3 is 5.97 Å². The van der Waals surface area contributed by atoms with Crippen LogP contribution < -0.4 is 0 Å². The fourth-order valence-corrected chi connectivity index (χ4v) is 8.80. The number of hydrogen-bond acceptors (Lipinski definition) is 3. The van der Waals surface area contributed by atoms with Crippen molar-refractivity contribution in [3.63, 3.8) is 0 Å². The van der Waals surface area contributed by atoms with Gasteiger partial charge in [-0.2, -0.15) is 0 Å². The van der Waals surface area contributed by atoms with Gasteiger partial charge in [0.1, 0.15) is 6.10 Å². The summed E-state index contributed by atoms with van der Waals surface area (Å²) < 4.78 is 5.60. The lowest BCUT2D eigenvalue weighted by Crippen LogP contribution is -2.55. The van der Waals surface area contributed by atoms with Crippen molar-refractivity contribution in [3.05, 3.63) is 12.2 Å². The average Bonchev–Trinajstić information content (AvgIpc) is 3.03. The van der Waals surface area contributed by atoms with E-state index in [1.807, 2.05) is 6.92 Å². The van der Waals surface area contributed by atoms with Gasteiger partial charge in [-0.25, -0.2) is 0 Å². The second-order valence-corrected chi connectivity index (χ2v) is 10.9. The SMILES string of the molecule is C=C(C)C12CC[C@H]3[C@@H](CC[C@H]4C[C@H](OC(C)=O)CC[C@@]43C)[C@@H]1CC[C@@H]2[C@@H](C)O. The molecule has 4 aliphatic carbocycles. The van der Waals surface area contributed by atoms with Crippen molar-refractivity contribution in [2.45, 2.75) is 97.7 Å². The number of allylic oxidation sites excluding steroid dienone is 1. The maximum Gasteiger partial charge on any atom is 0.302 e. The zero-order chi connectivity index (χ0) is 20.3. The zero-order valence-electron chi connectivity index (χ0n) is 18.4. The van der Waals surface area contributed by atoms with Gasteiger partial charge in [-0.1, -0.05) is 19.1 Å². The first-order valence-corrected chi connectivity index (χ1v) is 11.7. The van der Waals surface area contributed by atoms with E-state index in [2.05, 4.69) is 20.4 Å². The first kappa shape index (κ1) is 20.4. The van der Waals surface area contributed by atoms with Crippen LogP contribution in [0, 0.1) is 40.4 Å². The molecular weight excluding hydrogens is 348 g/mol. The molecule has 9 atom stereocenters. The molecule has 4 saturated carbocycles. The summed E-state index contributed by atoms with van der Waals surface area (Å²) in [5.41, 5.74) is 1.88. The van der Waals surface area contributed by atoms with E-state index in [4.69, 9.17) is 4.74 Å². The van der Waals surface area contributed by atoms with E-state index in [-0.39, 0.29) is 23.6 Å². The number of carbonyl (C=O) groups is 1. The molecule has 28 heavy (non-hydrogen) atoms. The van der Waals surface area contributed by atoms with E-state index in [1.165, 1.54) is 44.1 Å². The standard InChI is InChI=1S/C25H40O3/c1-15(2)25-13-11-22-20(23(25)9-8-21(25)16(3)26)7-6-18-14-19(28-17(4)27)10-12-24(18,22)5/h16,18-23,26H,1,6-14H2,2-5H3/t16-,18+,19-,20-,21-,22+,23+,24+,25?/m1/s1. The van der Waals surface area contributed by atoms with Crippen LogP contribution in [-0.4, -0.2) is 23.3 Å². The predicted octanol–water partition coefficient (Wildman–Crippen LogP) is 5.51. The van der Waals surface area contributed by atoms with Crippen LogP contribution in [0.15, 0.2) is 12.2 Å². The number of esters is 1. The quantitative estimate of drug-likeness (QED) is 0.512. The number of aliphatic hydroxyl groups excluding tert-OH is 1. The molecule has 1 unspecified atom stereocenters. The third-order valence-electron chi connectivity index (χ3n) is 9.90. The lowest BCUT2D eigenvalue weighted by molar-refractivity contribution is -0.160. The lowest BCUT2D eigenvalue weighted by atomic mass is 9.43. The molecule has 0 spiro atoms. The molecule has 4 aliphatic rings. The van der Waals surface area contributed by atoms with Crippen molar-refractivity contribution in [2.24, 2.45) is 40.4 Å². The maximum absolute atomic E-state index is 11.4. The molecule has 0 bridgehead atoms. The molecule has 0 saturated heterocycles. The summed E-state index contributed by atoms with van der Waals surface area (Å²) in [6.45, 7) is 12.8. The number of hydrogen-bond donors (Lipinski definition) is 1. The largest absolute Gasteiger partial charge is 0.463 e. The van der Waals surface area contributed by atoms with E-state index in [0.717, 1.165) is 31.1 Å². The fraction of sp³-hybridized carbons (Fsp3) is 0.880. The summed E-state index contributed by atoms with van der Waals surface area (Å²) in [4.78, 5) is 11.4. The summed E-state index contributed by atoms with van der Waals surface area (Å²) in [7, 11) is 0. The Morgan fingerprint density at radius 3 is 2.46 bits per heavy atom. The third-order valence-corrected chi connectivity index (χ3v) is 9.90. The van der Waals surface area contributed by atoms with Crippen molar-refractivity contribution in [1.82, 2.24) is 0 Å². The number of carbonyl (C=O) groups excluding carboxylic acids is 1. The minimum Gasteiger partial charge on any atom is -0.463 e. The fourth-order valence-electron chi connectivity index (χ4n) is 8.80. The third kappa shape index (κ3) is 2.90. The molecule has 158 valence electrons. The summed E-state index contributed by atoms with van der Waals surface area (Å²) in [5, 5.41) is 10.6. The van der Waals surface area contributed by atoms with Crippen molar-refractivity contribution in [3.8, 4) is 0 Å². The normalized spacial score (nSPS) is 48.8. The van der Waals surface area contributed by atoms with Crippen molar-refractivity contribution in [1.29, 1.82) is 0 Å². The van der Waals surface area contributed by atoms with Crippen LogP contribution >= 0.6 is 0 Å². The van der Waals surface area contributed by atoms with Gasteiger partial charge in [-0.05, 0) is 112 Å². The minimum absolute atomic E-state index is 0.124. The van der Waals surface area contributed by atoms with Crippen LogP contribution in [0.25, 0.3) is 0 Å². The van der Waals surface area contributed by atoms with Crippen LogP contribution in [-0.2, 0) is 9.53 Å². The van der Waals surface area contributed by atoms with Crippen LogP contribution in [0.1, 0.15) is 85.5 Å². The highest BCUT2D eigenvalue weighted by atomic mass is 16.5. The van der Waals surface area contributed by atoms with E-state index in [9.17, 15) is 9.90 Å². The van der Waals surface area contributed by atoms with Crippen LogP contribution in [0.3, 0.4) is 0 Å². The van der Waals surface area contributed by atoms with Crippen molar-refractivity contribution in [2.75, 3.05) is 0 Å². The van der Waals surface area contributed by atoms with Gasteiger partial charge < -0.3 is 9.84 Å². The molecule has 0 aliphatic heterocycles. The van der Waals surface area contributed by atoms with Gasteiger partial charge in [0.2, 0.25) is 0 Å². The Morgan fingerprint density at radius 2 is 1.82 bits per heavy atom. The van der Waals surface area contributed by atoms with E-state index in [0.29, 0.717) is 23.2 Å². The molecule has 0 aromatic heterocycles. The summed E-state index contributed by atoms with van der Waals surface area (Å²) in [6.07, 6.45) is 10.7. The molecule has 0 aromatic rings. The second kappa shape index (κ2) is 7.15. The molecule has 0 heterocycles. The molecule has 0 amide bonds. The Morgan fingerprint density at radius 1 is 1.07 bits per heavy atom. The van der Waals surface area contributed by atoms with Gasteiger partial charge in [0, 0.05) is 6.92 Å². The van der Waals surface area contributed by atoms with E-state index in [1.54, 1.807) is 6.92 Å². The first-order chi connectivity index (χ1) is 13.2. The average molecular weight is 389 g/mol. The second-order valence-electron chi connectivity index (χ2n) is 10.9. The molecule has 0 radical (unpaired) electrons. The lowest BCUT2D eigenvalue weighted by Gasteiger charge is -2.62. The van der Waals surface area contributed by atoms with Gasteiger partial charge in [-0.3, -0.25) is 4.79 Å².